The van der Waals surface area contributed by atoms with Crippen LogP contribution >= 0.6 is 0 Å². The van der Waals surface area contributed by atoms with Crippen LogP contribution in [0.3, 0.4) is 0 Å². The number of carbonyl (C=O) groups excluding carboxylic acids is 2. The number of rotatable bonds is 22. The molecule has 0 aromatic carbocycles. The Morgan fingerprint density at radius 2 is 1.24 bits per heavy atom. The Morgan fingerprint density at radius 3 is 1.76 bits per heavy atom. The lowest BCUT2D eigenvalue weighted by molar-refractivity contribution is -0.341. The molecule has 2 rings (SSSR count). The van der Waals surface area contributed by atoms with Gasteiger partial charge in [-0.1, -0.05) is 77.0 Å². The Labute approximate surface area is 273 Å². The predicted octanol–water partition coefficient (Wildman–Crippen LogP) is 2.03. The zero-order valence-corrected chi connectivity index (χ0v) is 27.9. The van der Waals surface area contributed by atoms with Gasteiger partial charge in [-0.2, -0.15) is 0 Å². The molecule has 2 heterocycles. The van der Waals surface area contributed by atoms with E-state index in [9.17, 15) is 40.2 Å². The van der Waals surface area contributed by atoms with E-state index in [0.717, 1.165) is 38.5 Å². The third-order valence-corrected chi connectivity index (χ3v) is 8.75. The summed E-state index contributed by atoms with van der Waals surface area (Å²) in [6.45, 7) is 3.65. The monoisotopic (exact) mass is 664 g/mol. The number of unbranched alkanes of at least 4 members (excludes halogenated alkanes) is 12. The molecule has 2 aliphatic heterocycles. The maximum atomic E-state index is 12.7. The van der Waals surface area contributed by atoms with Crippen molar-refractivity contribution in [1.82, 2.24) is 0 Å². The minimum atomic E-state index is -1.71. The summed E-state index contributed by atoms with van der Waals surface area (Å²) < 4.78 is 27.5. The van der Waals surface area contributed by atoms with Crippen LogP contribution < -0.4 is 0 Å². The van der Waals surface area contributed by atoms with Gasteiger partial charge in [-0.05, 0) is 26.7 Å². The van der Waals surface area contributed by atoms with Gasteiger partial charge in [0.05, 0.1) is 18.8 Å². The Bertz CT molecular complexity index is 842. The highest BCUT2D eigenvalue weighted by Crippen LogP contribution is 2.30. The summed E-state index contributed by atoms with van der Waals surface area (Å²) in [7, 11) is 0. The number of esters is 2. The van der Waals surface area contributed by atoms with Crippen LogP contribution in [0, 0.1) is 0 Å². The van der Waals surface area contributed by atoms with Crippen molar-refractivity contribution < 1.29 is 63.9 Å². The van der Waals surface area contributed by atoms with Gasteiger partial charge < -0.3 is 54.3 Å². The molecule has 0 saturated carbocycles. The van der Waals surface area contributed by atoms with Crippen molar-refractivity contribution >= 4 is 11.9 Å². The highest BCUT2D eigenvalue weighted by Gasteiger charge is 2.51. The summed E-state index contributed by atoms with van der Waals surface area (Å²) >= 11 is 0. The van der Waals surface area contributed by atoms with Gasteiger partial charge in [0.1, 0.15) is 49.3 Å². The van der Waals surface area contributed by atoms with Crippen molar-refractivity contribution in [2.75, 3.05) is 13.2 Å². The highest BCUT2D eigenvalue weighted by atomic mass is 16.7. The number of hydrogen-bond donors (Lipinski definition) is 6. The molecule has 46 heavy (non-hydrogen) atoms. The summed E-state index contributed by atoms with van der Waals surface area (Å²) in [5, 5.41) is 61.1. The number of carbonyl (C=O) groups is 2. The van der Waals surface area contributed by atoms with Crippen LogP contribution in [0.15, 0.2) is 0 Å². The topological polar surface area (TPSA) is 202 Å². The Balaban J connectivity index is 1.71. The van der Waals surface area contributed by atoms with E-state index in [4.69, 9.17) is 23.7 Å². The molecule has 13 heteroatoms. The van der Waals surface area contributed by atoms with E-state index in [1.54, 1.807) is 6.92 Å². The summed E-state index contributed by atoms with van der Waals surface area (Å²) in [4.78, 5) is 24.1. The van der Waals surface area contributed by atoms with Crippen molar-refractivity contribution in [2.24, 2.45) is 0 Å². The molecule has 0 bridgehead atoms. The van der Waals surface area contributed by atoms with Crippen LogP contribution in [0.25, 0.3) is 0 Å². The Kier molecular flexibility index (Phi) is 19.7. The lowest BCUT2D eigenvalue weighted by atomic mass is 9.95. The zero-order valence-electron chi connectivity index (χ0n) is 27.9. The summed E-state index contributed by atoms with van der Waals surface area (Å²) in [5.74, 6) is -1.21. The number of aliphatic hydroxyl groups excluding tert-OH is 6. The molecule has 6 N–H and O–H groups in total. The van der Waals surface area contributed by atoms with E-state index in [1.165, 1.54) is 51.9 Å². The third-order valence-electron chi connectivity index (χ3n) is 8.75. The van der Waals surface area contributed by atoms with E-state index in [-0.39, 0.29) is 12.5 Å². The fourth-order valence-corrected chi connectivity index (χ4v) is 5.98. The second kappa shape index (κ2) is 22.3. The summed E-state index contributed by atoms with van der Waals surface area (Å²) in [5.41, 5.74) is 0. The highest BCUT2D eigenvalue weighted by molar-refractivity contribution is 5.69. The van der Waals surface area contributed by atoms with Crippen molar-refractivity contribution in [1.29, 1.82) is 0 Å². The van der Waals surface area contributed by atoms with E-state index in [0.29, 0.717) is 6.42 Å². The lowest BCUT2D eigenvalue weighted by Crippen LogP contribution is -2.64. The molecule has 2 fully saturated rings. The first kappa shape index (κ1) is 40.8. The third kappa shape index (κ3) is 14.4. The molecule has 270 valence electrons. The SMILES string of the molecule is CC(=O)OCC1O[C@@H](O[C@H]2C(O)[C@H](O)C(CO)O[C@H]2C)[C@@H](O)C(O)[C@@H]1OC(=O)CCCCCCCCCCCCCCCC(C)O. The molecule has 0 aromatic heterocycles. The maximum absolute atomic E-state index is 12.7. The first-order chi connectivity index (χ1) is 22.0. The van der Waals surface area contributed by atoms with Gasteiger partial charge in [-0.15, -0.1) is 0 Å². The predicted molar refractivity (Wildman–Crippen MR) is 166 cm³/mol. The lowest BCUT2D eigenvalue weighted by Gasteiger charge is -2.46. The molecule has 11 atom stereocenters. The van der Waals surface area contributed by atoms with E-state index < -0.39 is 86.4 Å². The van der Waals surface area contributed by atoms with Crippen LogP contribution in [0.1, 0.15) is 117 Å². The normalized spacial score (nSPS) is 32.2. The van der Waals surface area contributed by atoms with Gasteiger partial charge in [0.2, 0.25) is 0 Å². The molecule has 0 aliphatic carbocycles. The molecule has 2 saturated heterocycles. The molecule has 0 spiro atoms. The van der Waals surface area contributed by atoms with Gasteiger partial charge in [-0.25, -0.2) is 0 Å². The first-order valence-electron chi connectivity index (χ1n) is 17.3. The quantitative estimate of drug-likeness (QED) is 0.0726. The van der Waals surface area contributed by atoms with Crippen molar-refractivity contribution in [2.45, 2.75) is 184 Å². The van der Waals surface area contributed by atoms with Crippen molar-refractivity contribution in [3.8, 4) is 0 Å². The molecule has 2 aliphatic rings. The number of ether oxygens (including phenoxy) is 5. The molecular weight excluding hydrogens is 604 g/mol. The van der Waals surface area contributed by atoms with Crippen LogP contribution in [0.5, 0.6) is 0 Å². The van der Waals surface area contributed by atoms with Gasteiger partial charge in [0.15, 0.2) is 12.4 Å². The maximum Gasteiger partial charge on any atom is 0.306 e. The summed E-state index contributed by atoms with van der Waals surface area (Å²) in [6, 6.07) is 0. The Morgan fingerprint density at radius 1 is 0.717 bits per heavy atom. The van der Waals surface area contributed by atoms with Crippen LogP contribution in [0.2, 0.25) is 0 Å². The van der Waals surface area contributed by atoms with E-state index in [2.05, 4.69) is 0 Å². The molecule has 0 amide bonds. The molecule has 0 radical (unpaired) electrons. The largest absolute Gasteiger partial charge is 0.463 e. The molecule has 0 aromatic rings. The standard InChI is InChI=1S/C33H60O13/c1-21(35)17-15-13-11-9-7-5-4-6-8-10-12-14-16-18-26(37)45-32-25(20-42-23(3)36)44-33(30(41)29(32)40)46-31-22(2)43-24(19-34)27(38)28(31)39/h21-22,24-25,27-35,38-41H,4-20H2,1-3H3/t21?,22-,24?,25?,27+,28?,29?,30-,31+,32+,33-/m0/s1. The minimum Gasteiger partial charge on any atom is -0.463 e. The van der Waals surface area contributed by atoms with E-state index >= 15 is 0 Å². The van der Waals surface area contributed by atoms with E-state index in [1.807, 2.05) is 6.92 Å². The fourth-order valence-electron chi connectivity index (χ4n) is 5.98. The van der Waals surface area contributed by atoms with Crippen LogP contribution in [-0.4, -0.2) is 123 Å². The van der Waals surface area contributed by atoms with Crippen LogP contribution in [0.4, 0.5) is 0 Å². The fraction of sp³-hybridized carbons (Fsp3) is 0.939. The zero-order chi connectivity index (χ0) is 34.1. The Hall–Kier alpha value is -1.42. The van der Waals surface area contributed by atoms with Gasteiger partial charge in [0.25, 0.3) is 0 Å². The van der Waals surface area contributed by atoms with Crippen molar-refractivity contribution in [3.63, 3.8) is 0 Å². The number of hydrogen-bond acceptors (Lipinski definition) is 13. The molecule has 13 nitrogen and oxygen atoms in total. The second-order valence-electron chi connectivity index (χ2n) is 12.9. The summed E-state index contributed by atoms with van der Waals surface area (Å²) in [6.07, 6.45) is 1.83. The molecule has 5 unspecified atom stereocenters. The first-order valence-corrected chi connectivity index (χ1v) is 17.3. The average molecular weight is 665 g/mol. The van der Waals surface area contributed by atoms with Gasteiger partial charge in [0, 0.05) is 13.3 Å². The van der Waals surface area contributed by atoms with Gasteiger partial charge >= 0.3 is 11.9 Å². The molecular formula is C33H60O13. The number of aliphatic hydroxyl groups is 6. The smallest absolute Gasteiger partial charge is 0.306 e. The minimum absolute atomic E-state index is 0.115. The van der Waals surface area contributed by atoms with Crippen molar-refractivity contribution in [3.05, 3.63) is 0 Å². The average Bonchev–Trinajstić information content (AvgIpc) is 3.01. The van der Waals surface area contributed by atoms with Gasteiger partial charge in [-0.3, -0.25) is 9.59 Å². The second-order valence-corrected chi connectivity index (χ2v) is 12.9. The van der Waals surface area contributed by atoms with Crippen LogP contribution in [-0.2, 0) is 33.3 Å².